The lowest BCUT2D eigenvalue weighted by molar-refractivity contribution is -0.119. The maximum absolute atomic E-state index is 13.1. The molecule has 0 unspecified atom stereocenters. The van der Waals surface area contributed by atoms with Gasteiger partial charge in [-0.05, 0) is 37.1 Å². The number of methoxy groups -OCH3 is 1. The Morgan fingerprint density at radius 2 is 2.04 bits per heavy atom. The summed E-state index contributed by atoms with van der Waals surface area (Å²) in [6, 6.07) is 7.54. The van der Waals surface area contributed by atoms with E-state index in [1.165, 1.54) is 28.2 Å². The molecule has 8 nitrogen and oxygen atoms in total. The summed E-state index contributed by atoms with van der Waals surface area (Å²) in [5.74, 6) is -1.02. The van der Waals surface area contributed by atoms with E-state index in [2.05, 4.69) is 26.0 Å². The van der Waals surface area contributed by atoms with Crippen molar-refractivity contribution in [3.05, 3.63) is 46.7 Å². The number of aryl methyl sites for hydroxylation is 1. The highest BCUT2D eigenvalue weighted by Gasteiger charge is 2.40. The number of esters is 1. The fourth-order valence-corrected chi connectivity index (χ4v) is 5.33. The fourth-order valence-electron chi connectivity index (χ4n) is 3.20. The summed E-state index contributed by atoms with van der Waals surface area (Å²) in [5.41, 5.74) is 0.701. The van der Waals surface area contributed by atoms with Crippen LogP contribution in [0.1, 0.15) is 23.3 Å². The van der Waals surface area contributed by atoms with Crippen molar-refractivity contribution in [2.45, 2.75) is 23.8 Å². The first kappa shape index (κ1) is 20.6. The number of carbonyl (C=O) groups excluding carboxylic acids is 2. The summed E-state index contributed by atoms with van der Waals surface area (Å²) >= 11 is 3.34. The lowest BCUT2D eigenvalue weighted by atomic mass is 10.2. The predicted octanol–water partition coefficient (Wildman–Crippen LogP) is 2.37. The van der Waals surface area contributed by atoms with Gasteiger partial charge in [-0.25, -0.2) is 13.2 Å². The third-order valence-electron chi connectivity index (χ3n) is 4.58. The molecule has 0 saturated carbocycles. The maximum Gasteiger partial charge on any atom is 0.354 e. The standard InChI is InChI=1S/C18H20BrN3O5S/c1-21-11-14(10-16(21)18(24)27-2)28(25,26)22-8-4-7-15(22)17(23)20-13-6-3-5-12(19)9-13/h3,5-6,9-11,15H,4,7-8H2,1-2H3,(H,20,23)/t15-/m0/s1. The van der Waals surface area contributed by atoms with Gasteiger partial charge in [-0.15, -0.1) is 0 Å². The van der Waals surface area contributed by atoms with Crippen LogP contribution in [0.2, 0.25) is 0 Å². The van der Waals surface area contributed by atoms with Crippen LogP contribution in [0.5, 0.6) is 0 Å². The number of carbonyl (C=O) groups is 2. The number of anilines is 1. The van der Waals surface area contributed by atoms with Crippen LogP contribution in [0.25, 0.3) is 0 Å². The van der Waals surface area contributed by atoms with Gasteiger partial charge in [-0.2, -0.15) is 4.31 Å². The Balaban J connectivity index is 1.85. The summed E-state index contributed by atoms with van der Waals surface area (Å²) in [6.07, 6.45) is 2.35. The molecule has 1 atom stereocenters. The zero-order valence-corrected chi connectivity index (χ0v) is 17.8. The third-order valence-corrected chi connectivity index (χ3v) is 6.95. The van der Waals surface area contributed by atoms with Crippen molar-refractivity contribution in [1.82, 2.24) is 8.87 Å². The number of ether oxygens (including phenoxy) is 1. The number of amides is 1. The highest BCUT2D eigenvalue weighted by Crippen LogP contribution is 2.28. The molecule has 2 heterocycles. The number of nitrogens with zero attached hydrogens (tertiary/aromatic N) is 2. The van der Waals surface area contributed by atoms with Crippen molar-refractivity contribution in [3.8, 4) is 0 Å². The molecule has 1 fully saturated rings. The Bertz CT molecular complexity index is 1020. The van der Waals surface area contributed by atoms with Crippen LogP contribution < -0.4 is 5.32 Å². The van der Waals surface area contributed by atoms with E-state index in [9.17, 15) is 18.0 Å². The van der Waals surface area contributed by atoms with Crippen LogP contribution in [-0.4, -0.2) is 48.9 Å². The molecule has 28 heavy (non-hydrogen) atoms. The van der Waals surface area contributed by atoms with Gasteiger partial charge in [0.1, 0.15) is 16.6 Å². The van der Waals surface area contributed by atoms with Crippen molar-refractivity contribution >= 4 is 43.5 Å². The van der Waals surface area contributed by atoms with E-state index in [1.54, 1.807) is 25.2 Å². The summed E-state index contributed by atoms with van der Waals surface area (Å²) < 4.78 is 34.3. The van der Waals surface area contributed by atoms with Gasteiger partial charge in [0.25, 0.3) is 0 Å². The number of aromatic nitrogens is 1. The van der Waals surface area contributed by atoms with E-state index >= 15 is 0 Å². The second-order valence-corrected chi connectivity index (χ2v) is 9.24. The largest absolute Gasteiger partial charge is 0.464 e. The Morgan fingerprint density at radius 1 is 1.29 bits per heavy atom. The molecule has 0 aliphatic carbocycles. The SMILES string of the molecule is COC(=O)c1cc(S(=O)(=O)N2CCC[C@H]2C(=O)Nc2cccc(Br)c2)cn1C. The number of rotatable bonds is 5. The molecule has 150 valence electrons. The van der Waals surface area contributed by atoms with Gasteiger partial charge in [0.15, 0.2) is 0 Å². The van der Waals surface area contributed by atoms with E-state index in [4.69, 9.17) is 0 Å². The summed E-state index contributed by atoms with van der Waals surface area (Å²) in [7, 11) is -1.15. The minimum Gasteiger partial charge on any atom is -0.464 e. The van der Waals surface area contributed by atoms with Crippen molar-refractivity contribution in [1.29, 1.82) is 0 Å². The van der Waals surface area contributed by atoms with Gasteiger partial charge in [-0.1, -0.05) is 22.0 Å². The van der Waals surface area contributed by atoms with E-state index in [0.717, 1.165) is 4.47 Å². The summed E-state index contributed by atoms with van der Waals surface area (Å²) in [4.78, 5) is 24.5. The lowest BCUT2D eigenvalue weighted by Gasteiger charge is -2.23. The molecular weight excluding hydrogens is 450 g/mol. The molecule has 2 aromatic rings. The Morgan fingerprint density at radius 3 is 2.71 bits per heavy atom. The first-order valence-corrected chi connectivity index (χ1v) is 10.8. The third kappa shape index (κ3) is 3.98. The molecule has 1 saturated heterocycles. The Kier molecular flexibility index (Phi) is 5.92. The molecular formula is C18H20BrN3O5S. The van der Waals surface area contributed by atoms with Gasteiger partial charge in [0.2, 0.25) is 15.9 Å². The fraction of sp³-hybridized carbons (Fsp3) is 0.333. The van der Waals surface area contributed by atoms with E-state index in [-0.39, 0.29) is 23.0 Å². The lowest BCUT2D eigenvalue weighted by Crippen LogP contribution is -2.43. The summed E-state index contributed by atoms with van der Waals surface area (Å²) in [6.45, 7) is 0.237. The average Bonchev–Trinajstić information content (AvgIpc) is 3.28. The predicted molar refractivity (Wildman–Crippen MR) is 106 cm³/mol. The van der Waals surface area contributed by atoms with Crippen LogP contribution in [-0.2, 0) is 26.6 Å². The van der Waals surface area contributed by atoms with Crippen LogP contribution in [0.15, 0.2) is 45.9 Å². The highest BCUT2D eigenvalue weighted by molar-refractivity contribution is 9.10. The van der Waals surface area contributed by atoms with E-state index in [0.29, 0.717) is 18.5 Å². The minimum absolute atomic E-state index is 0.0439. The average molecular weight is 470 g/mol. The van der Waals surface area contributed by atoms with Crippen molar-refractivity contribution in [2.75, 3.05) is 19.0 Å². The van der Waals surface area contributed by atoms with Crippen molar-refractivity contribution in [2.24, 2.45) is 7.05 Å². The number of hydrogen-bond acceptors (Lipinski definition) is 5. The zero-order valence-electron chi connectivity index (χ0n) is 15.4. The molecule has 3 rings (SSSR count). The Hall–Kier alpha value is -2.17. The highest BCUT2D eigenvalue weighted by atomic mass is 79.9. The van der Waals surface area contributed by atoms with Gasteiger partial charge >= 0.3 is 5.97 Å². The number of benzene rings is 1. The molecule has 0 radical (unpaired) electrons. The van der Waals surface area contributed by atoms with Gasteiger partial charge in [-0.3, -0.25) is 4.79 Å². The molecule has 0 bridgehead atoms. The molecule has 10 heteroatoms. The summed E-state index contributed by atoms with van der Waals surface area (Å²) in [5, 5.41) is 2.77. The molecule has 1 aromatic carbocycles. The zero-order chi connectivity index (χ0) is 20.5. The van der Waals surface area contributed by atoms with Crippen LogP contribution in [0.3, 0.4) is 0 Å². The van der Waals surface area contributed by atoms with Crippen LogP contribution in [0.4, 0.5) is 5.69 Å². The number of halogens is 1. The van der Waals surface area contributed by atoms with Crippen molar-refractivity contribution < 1.29 is 22.7 Å². The first-order chi connectivity index (χ1) is 13.2. The van der Waals surface area contributed by atoms with Gasteiger partial charge in [0, 0.05) is 29.9 Å². The molecule has 1 amide bonds. The number of sulfonamides is 1. The smallest absolute Gasteiger partial charge is 0.354 e. The van der Waals surface area contributed by atoms with Gasteiger partial charge in [0.05, 0.1) is 7.11 Å². The van der Waals surface area contributed by atoms with Gasteiger partial charge < -0.3 is 14.6 Å². The maximum atomic E-state index is 13.1. The Labute approximate surface area is 171 Å². The van der Waals surface area contributed by atoms with E-state index < -0.39 is 22.0 Å². The number of nitrogens with one attached hydrogen (secondary N) is 1. The molecule has 1 aliphatic rings. The van der Waals surface area contributed by atoms with Crippen LogP contribution >= 0.6 is 15.9 Å². The number of hydrogen-bond donors (Lipinski definition) is 1. The monoisotopic (exact) mass is 469 g/mol. The van der Waals surface area contributed by atoms with Crippen molar-refractivity contribution in [3.63, 3.8) is 0 Å². The topological polar surface area (TPSA) is 97.7 Å². The molecule has 0 spiro atoms. The van der Waals surface area contributed by atoms with E-state index in [1.807, 2.05) is 6.07 Å². The first-order valence-electron chi connectivity index (χ1n) is 8.57. The quantitative estimate of drug-likeness (QED) is 0.677. The normalized spacial score (nSPS) is 17.5. The molecule has 1 aliphatic heterocycles. The second kappa shape index (κ2) is 8.06. The molecule has 1 aromatic heterocycles. The second-order valence-electron chi connectivity index (χ2n) is 6.44. The molecule has 1 N–H and O–H groups in total. The minimum atomic E-state index is -3.94. The van der Waals surface area contributed by atoms with Crippen LogP contribution in [0, 0.1) is 0 Å².